The fourth-order valence-electron chi connectivity index (χ4n) is 2.62. The second-order valence-electron chi connectivity index (χ2n) is 7.16. The van der Waals surface area contributed by atoms with Gasteiger partial charge in [0.1, 0.15) is 19.3 Å². The number of ether oxygens (including phenoxy) is 1. The van der Waals surface area contributed by atoms with E-state index in [9.17, 15) is 19.4 Å². The van der Waals surface area contributed by atoms with Gasteiger partial charge in [-0.15, -0.1) is 0 Å². The van der Waals surface area contributed by atoms with Gasteiger partial charge in [-0.25, -0.2) is 4.57 Å². The van der Waals surface area contributed by atoms with E-state index in [0.717, 1.165) is 19.3 Å². The SMILES string of the molecule is CCCCCCCCCCCCCC(=O)OC[C@@H](O)COP(=O)(O)OCC(O)O. The van der Waals surface area contributed by atoms with E-state index in [1.807, 2.05) is 0 Å². The summed E-state index contributed by atoms with van der Waals surface area (Å²) in [7, 11) is -4.51. The molecule has 0 spiro atoms. The molecule has 4 N–H and O–H groups in total. The van der Waals surface area contributed by atoms with Crippen molar-refractivity contribution in [1.82, 2.24) is 0 Å². The number of unbranched alkanes of at least 4 members (excludes halogenated alkanes) is 10. The van der Waals surface area contributed by atoms with Crippen LogP contribution in [0.3, 0.4) is 0 Å². The van der Waals surface area contributed by atoms with Gasteiger partial charge in [0.2, 0.25) is 0 Å². The molecule has 9 nitrogen and oxygen atoms in total. The van der Waals surface area contributed by atoms with Gasteiger partial charge in [-0.1, -0.05) is 71.1 Å². The van der Waals surface area contributed by atoms with Crippen molar-refractivity contribution >= 4 is 13.8 Å². The van der Waals surface area contributed by atoms with E-state index in [4.69, 9.17) is 14.9 Å². The minimum absolute atomic E-state index is 0.264. The third-order valence-corrected chi connectivity index (χ3v) is 5.19. The summed E-state index contributed by atoms with van der Waals surface area (Å²) in [5.74, 6) is -0.438. The maximum Gasteiger partial charge on any atom is 0.472 e. The van der Waals surface area contributed by atoms with Crippen LogP contribution in [0.4, 0.5) is 0 Å². The van der Waals surface area contributed by atoms with Crippen LogP contribution < -0.4 is 0 Å². The van der Waals surface area contributed by atoms with Crippen LogP contribution in [0, 0.1) is 0 Å². The average molecular weight is 442 g/mol. The van der Waals surface area contributed by atoms with E-state index in [0.29, 0.717) is 0 Å². The predicted molar refractivity (Wildman–Crippen MR) is 108 cm³/mol. The molecular formula is C19H39O9P. The summed E-state index contributed by atoms with van der Waals surface area (Å²) in [6.07, 6.45) is 10.1. The molecule has 0 aromatic rings. The number of aliphatic hydroxyl groups is 3. The van der Waals surface area contributed by atoms with Crippen LogP contribution in [0.15, 0.2) is 0 Å². The summed E-state index contributed by atoms with van der Waals surface area (Å²) in [5, 5.41) is 26.7. The van der Waals surface area contributed by atoms with Crippen LogP contribution in [-0.4, -0.2) is 58.4 Å². The highest BCUT2D eigenvalue weighted by molar-refractivity contribution is 7.47. The summed E-state index contributed by atoms with van der Waals surface area (Å²) in [6.45, 7) is 0.450. The smallest absolute Gasteiger partial charge is 0.463 e. The lowest BCUT2D eigenvalue weighted by Gasteiger charge is -2.15. The van der Waals surface area contributed by atoms with E-state index in [2.05, 4.69) is 16.0 Å². The van der Waals surface area contributed by atoms with Crippen LogP contribution in [-0.2, 0) is 23.1 Å². The average Bonchev–Trinajstić information content (AvgIpc) is 2.67. The van der Waals surface area contributed by atoms with Gasteiger partial charge >= 0.3 is 13.8 Å². The summed E-state index contributed by atoms with van der Waals surface area (Å²) in [4.78, 5) is 20.9. The Bertz CT molecular complexity index is 445. The van der Waals surface area contributed by atoms with Crippen molar-refractivity contribution in [3.05, 3.63) is 0 Å². The van der Waals surface area contributed by atoms with Crippen molar-refractivity contribution in [3.8, 4) is 0 Å². The molecule has 0 bridgehead atoms. The predicted octanol–water partition coefficient (Wildman–Crippen LogP) is 3.04. The van der Waals surface area contributed by atoms with Gasteiger partial charge in [0, 0.05) is 6.42 Å². The van der Waals surface area contributed by atoms with Gasteiger partial charge < -0.3 is 24.9 Å². The van der Waals surface area contributed by atoms with Crippen molar-refractivity contribution in [3.63, 3.8) is 0 Å². The molecule has 2 atom stereocenters. The lowest BCUT2D eigenvalue weighted by atomic mass is 10.1. The maximum atomic E-state index is 11.6. The van der Waals surface area contributed by atoms with Crippen molar-refractivity contribution in [1.29, 1.82) is 0 Å². The fourth-order valence-corrected chi connectivity index (χ4v) is 3.38. The molecule has 0 radical (unpaired) electrons. The molecule has 29 heavy (non-hydrogen) atoms. The number of carbonyl (C=O) groups excluding carboxylic acids is 1. The molecule has 0 rings (SSSR count). The van der Waals surface area contributed by atoms with Crippen LogP contribution in [0.1, 0.15) is 84.0 Å². The minimum Gasteiger partial charge on any atom is -0.463 e. The molecule has 174 valence electrons. The quantitative estimate of drug-likeness (QED) is 0.0968. The van der Waals surface area contributed by atoms with Gasteiger partial charge in [0.15, 0.2) is 6.29 Å². The molecule has 0 fully saturated rings. The zero-order chi connectivity index (χ0) is 22.0. The monoisotopic (exact) mass is 442 g/mol. The number of esters is 1. The van der Waals surface area contributed by atoms with Gasteiger partial charge in [0.25, 0.3) is 0 Å². The second-order valence-corrected chi connectivity index (χ2v) is 8.62. The normalized spacial score (nSPS) is 14.7. The Morgan fingerprint density at radius 3 is 1.79 bits per heavy atom. The third-order valence-electron chi connectivity index (χ3n) is 4.24. The molecule has 0 saturated heterocycles. The highest BCUT2D eigenvalue weighted by Gasteiger charge is 2.24. The number of phosphoric ester groups is 1. The Kier molecular flexibility index (Phi) is 17.9. The van der Waals surface area contributed by atoms with Crippen LogP contribution in [0.5, 0.6) is 0 Å². The topological polar surface area (TPSA) is 143 Å². The Morgan fingerprint density at radius 1 is 0.793 bits per heavy atom. The first-order chi connectivity index (χ1) is 13.8. The first kappa shape index (κ1) is 28.5. The van der Waals surface area contributed by atoms with Crippen molar-refractivity contribution in [2.45, 2.75) is 96.4 Å². The first-order valence-electron chi connectivity index (χ1n) is 10.6. The highest BCUT2D eigenvalue weighted by atomic mass is 31.2. The molecule has 10 heteroatoms. The van der Waals surface area contributed by atoms with Crippen molar-refractivity contribution in [2.75, 3.05) is 19.8 Å². The molecule has 0 saturated carbocycles. The fraction of sp³-hybridized carbons (Fsp3) is 0.947. The molecule has 0 amide bonds. The van der Waals surface area contributed by atoms with E-state index in [1.54, 1.807) is 0 Å². The molecule has 0 aliphatic rings. The summed E-state index contributed by atoms with van der Waals surface area (Å²) in [6, 6.07) is 0. The number of carbonyl (C=O) groups is 1. The molecule has 0 heterocycles. The van der Waals surface area contributed by atoms with Crippen LogP contribution >= 0.6 is 7.82 Å². The van der Waals surface area contributed by atoms with E-state index < -0.39 is 39.4 Å². The zero-order valence-corrected chi connectivity index (χ0v) is 18.4. The number of hydrogen-bond donors (Lipinski definition) is 4. The van der Waals surface area contributed by atoms with Crippen molar-refractivity contribution < 1.29 is 43.4 Å². The largest absolute Gasteiger partial charge is 0.472 e. The molecule has 1 unspecified atom stereocenters. The standard InChI is InChI=1S/C19H39O9P/c1-2-3-4-5-6-7-8-9-10-11-12-13-19(23)26-14-17(20)15-27-29(24,25)28-16-18(21)22/h17-18,20-22H,2-16H2,1H3,(H,24,25)/t17-/m1/s1. The Morgan fingerprint density at radius 2 is 1.28 bits per heavy atom. The minimum atomic E-state index is -4.51. The maximum absolute atomic E-state index is 11.6. The first-order valence-corrected chi connectivity index (χ1v) is 12.1. The third kappa shape index (κ3) is 20.5. The molecule has 0 aromatic carbocycles. The Labute approximate surface area is 174 Å². The number of phosphoric acid groups is 1. The van der Waals surface area contributed by atoms with E-state index >= 15 is 0 Å². The van der Waals surface area contributed by atoms with E-state index in [1.165, 1.54) is 51.4 Å². The lowest BCUT2D eigenvalue weighted by Crippen LogP contribution is -2.23. The number of aliphatic hydroxyl groups excluding tert-OH is 2. The van der Waals surface area contributed by atoms with Crippen LogP contribution in [0.25, 0.3) is 0 Å². The van der Waals surface area contributed by atoms with Gasteiger partial charge in [-0.2, -0.15) is 0 Å². The zero-order valence-electron chi connectivity index (χ0n) is 17.5. The number of rotatable bonds is 20. The Balaban J connectivity index is 3.56. The van der Waals surface area contributed by atoms with Crippen molar-refractivity contribution in [2.24, 2.45) is 0 Å². The van der Waals surface area contributed by atoms with Gasteiger partial charge in [0.05, 0.1) is 6.61 Å². The lowest BCUT2D eigenvalue weighted by molar-refractivity contribution is -0.147. The molecule has 0 aliphatic carbocycles. The molecule has 0 aromatic heterocycles. The summed E-state index contributed by atoms with van der Waals surface area (Å²) in [5.41, 5.74) is 0. The van der Waals surface area contributed by atoms with Gasteiger partial charge in [-0.05, 0) is 6.42 Å². The number of hydrogen-bond acceptors (Lipinski definition) is 8. The van der Waals surface area contributed by atoms with Crippen LogP contribution in [0.2, 0.25) is 0 Å². The second kappa shape index (κ2) is 18.2. The summed E-state index contributed by atoms with van der Waals surface area (Å²) >= 11 is 0. The molecular weight excluding hydrogens is 403 g/mol. The van der Waals surface area contributed by atoms with E-state index in [-0.39, 0.29) is 13.0 Å². The summed E-state index contributed by atoms with van der Waals surface area (Å²) < 4.78 is 25.0. The highest BCUT2D eigenvalue weighted by Crippen LogP contribution is 2.43. The molecule has 0 aliphatic heterocycles. The van der Waals surface area contributed by atoms with Gasteiger partial charge in [-0.3, -0.25) is 13.8 Å². The Hall–Kier alpha value is -0.540.